The predicted molar refractivity (Wildman–Crippen MR) is 66.7 cm³/mol. The quantitative estimate of drug-likeness (QED) is 0.719. The highest BCUT2D eigenvalue weighted by Gasteiger charge is 2.12. The van der Waals surface area contributed by atoms with E-state index in [0.717, 1.165) is 0 Å². The van der Waals surface area contributed by atoms with Crippen molar-refractivity contribution in [1.29, 1.82) is 0 Å². The van der Waals surface area contributed by atoms with E-state index >= 15 is 0 Å². The summed E-state index contributed by atoms with van der Waals surface area (Å²) in [6.45, 7) is 3.64. The molecule has 0 fully saturated rings. The van der Waals surface area contributed by atoms with Crippen LogP contribution in [0.5, 0.6) is 0 Å². The Hall–Kier alpha value is -1.88. The molecule has 1 aromatic rings. The molecule has 92 valence electrons. The summed E-state index contributed by atoms with van der Waals surface area (Å²) in [5, 5.41) is 5.36. The Kier molecular flexibility index (Phi) is 4.66. The molecule has 0 spiro atoms. The van der Waals surface area contributed by atoms with Gasteiger partial charge >= 0.3 is 0 Å². The molecule has 5 heteroatoms. The topological polar surface area (TPSA) is 84.2 Å². The molecule has 0 bridgehead atoms. The van der Waals surface area contributed by atoms with E-state index in [2.05, 4.69) is 10.6 Å². The third-order valence-electron chi connectivity index (χ3n) is 2.05. The Labute approximate surface area is 100 Å². The second-order valence-corrected chi connectivity index (χ2v) is 3.93. The summed E-state index contributed by atoms with van der Waals surface area (Å²) in [6.07, 6.45) is 0. The third kappa shape index (κ3) is 3.88. The standard InChI is InChI=1S/C12H17N3O2/c1-8(2)14-12(17)9-5-3-4-6-10(9)15-11(16)7-13/h3-6,8H,7,13H2,1-2H3,(H,14,17)(H,15,16). The van der Waals surface area contributed by atoms with E-state index in [1.807, 2.05) is 13.8 Å². The van der Waals surface area contributed by atoms with Gasteiger partial charge in [0.1, 0.15) is 0 Å². The lowest BCUT2D eigenvalue weighted by molar-refractivity contribution is -0.114. The summed E-state index contributed by atoms with van der Waals surface area (Å²) >= 11 is 0. The highest BCUT2D eigenvalue weighted by Crippen LogP contribution is 2.14. The van der Waals surface area contributed by atoms with Crippen LogP contribution < -0.4 is 16.4 Å². The van der Waals surface area contributed by atoms with Gasteiger partial charge in [-0.05, 0) is 26.0 Å². The molecule has 5 nitrogen and oxygen atoms in total. The molecule has 0 unspecified atom stereocenters. The Morgan fingerprint density at radius 3 is 2.53 bits per heavy atom. The number of nitrogens with one attached hydrogen (secondary N) is 2. The fraction of sp³-hybridized carbons (Fsp3) is 0.333. The van der Waals surface area contributed by atoms with Gasteiger partial charge in [-0.2, -0.15) is 0 Å². The second kappa shape index (κ2) is 6.00. The van der Waals surface area contributed by atoms with E-state index in [0.29, 0.717) is 11.3 Å². The van der Waals surface area contributed by atoms with Crippen LogP contribution in [0.3, 0.4) is 0 Å². The van der Waals surface area contributed by atoms with Crippen molar-refractivity contribution in [3.63, 3.8) is 0 Å². The molecule has 0 aromatic heterocycles. The van der Waals surface area contributed by atoms with Crippen LogP contribution in [0.15, 0.2) is 24.3 Å². The minimum Gasteiger partial charge on any atom is -0.350 e. The van der Waals surface area contributed by atoms with Crippen molar-refractivity contribution in [2.75, 3.05) is 11.9 Å². The molecule has 0 aliphatic carbocycles. The van der Waals surface area contributed by atoms with Crippen molar-refractivity contribution in [2.24, 2.45) is 5.73 Å². The van der Waals surface area contributed by atoms with Gasteiger partial charge in [0, 0.05) is 6.04 Å². The van der Waals surface area contributed by atoms with Crippen LogP contribution in [0, 0.1) is 0 Å². The molecule has 0 aliphatic heterocycles. The first-order chi connectivity index (χ1) is 8.04. The maximum Gasteiger partial charge on any atom is 0.253 e. The maximum absolute atomic E-state index is 11.9. The molecule has 2 amide bonds. The number of carbonyl (C=O) groups is 2. The molecule has 17 heavy (non-hydrogen) atoms. The van der Waals surface area contributed by atoms with Gasteiger partial charge in [0.15, 0.2) is 0 Å². The average Bonchev–Trinajstić information content (AvgIpc) is 2.28. The first-order valence-electron chi connectivity index (χ1n) is 5.44. The van der Waals surface area contributed by atoms with Crippen LogP contribution in [0.2, 0.25) is 0 Å². The number of anilines is 1. The minimum atomic E-state index is -0.324. The van der Waals surface area contributed by atoms with Crippen molar-refractivity contribution in [3.8, 4) is 0 Å². The van der Waals surface area contributed by atoms with E-state index in [4.69, 9.17) is 5.73 Å². The number of hydrogen-bond donors (Lipinski definition) is 3. The van der Waals surface area contributed by atoms with E-state index in [9.17, 15) is 9.59 Å². The number of carbonyl (C=O) groups excluding carboxylic acids is 2. The average molecular weight is 235 g/mol. The van der Waals surface area contributed by atoms with Crippen molar-refractivity contribution < 1.29 is 9.59 Å². The van der Waals surface area contributed by atoms with Gasteiger partial charge in [0.05, 0.1) is 17.8 Å². The molecule has 1 aromatic carbocycles. The zero-order chi connectivity index (χ0) is 12.8. The van der Waals surface area contributed by atoms with Crippen LogP contribution in [-0.4, -0.2) is 24.4 Å². The largest absolute Gasteiger partial charge is 0.350 e. The lowest BCUT2D eigenvalue weighted by Crippen LogP contribution is -2.31. The van der Waals surface area contributed by atoms with Gasteiger partial charge in [-0.25, -0.2) is 0 Å². The lowest BCUT2D eigenvalue weighted by atomic mass is 10.1. The van der Waals surface area contributed by atoms with Gasteiger partial charge in [0.2, 0.25) is 5.91 Å². The number of amides is 2. The summed E-state index contributed by atoms with van der Waals surface area (Å²) in [5.74, 6) is -0.539. The van der Waals surface area contributed by atoms with Crippen LogP contribution in [0.1, 0.15) is 24.2 Å². The number of para-hydroxylation sites is 1. The Balaban J connectivity index is 2.91. The smallest absolute Gasteiger partial charge is 0.253 e. The highest BCUT2D eigenvalue weighted by atomic mass is 16.2. The Bertz CT molecular complexity index is 416. The van der Waals surface area contributed by atoms with Crippen molar-refractivity contribution >= 4 is 17.5 Å². The van der Waals surface area contributed by atoms with E-state index < -0.39 is 0 Å². The van der Waals surface area contributed by atoms with Crippen molar-refractivity contribution in [1.82, 2.24) is 5.32 Å². The minimum absolute atomic E-state index is 0.0424. The van der Waals surface area contributed by atoms with Crippen LogP contribution >= 0.6 is 0 Å². The summed E-state index contributed by atoms with van der Waals surface area (Å²) in [5.41, 5.74) is 6.12. The van der Waals surface area contributed by atoms with Gasteiger partial charge in [-0.15, -0.1) is 0 Å². The predicted octanol–water partition coefficient (Wildman–Crippen LogP) is 0.722. The highest BCUT2D eigenvalue weighted by molar-refractivity contribution is 6.04. The molecule has 1 rings (SSSR count). The fourth-order valence-corrected chi connectivity index (χ4v) is 1.33. The third-order valence-corrected chi connectivity index (χ3v) is 2.05. The number of hydrogen-bond acceptors (Lipinski definition) is 3. The number of benzene rings is 1. The molecular weight excluding hydrogens is 218 g/mol. The Morgan fingerprint density at radius 2 is 1.94 bits per heavy atom. The molecule has 0 saturated heterocycles. The molecule has 0 radical (unpaired) electrons. The molecule has 0 atom stereocenters. The summed E-state index contributed by atoms with van der Waals surface area (Å²) in [7, 11) is 0. The molecule has 0 aliphatic rings. The second-order valence-electron chi connectivity index (χ2n) is 3.93. The summed E-state index contributed by atoms with van der Waals surface area (Å²) in [4.78, 5) is 23.1. The van der Waals surface area contributed by atoms with E-state index in [1.54, 1.807) is 24.3 Å². The van der Waals surface area contributed by atoms with E-state index in [1.165, 1.54) is 0 Å². The zero-order valence-electron chi connectivity index (χ0n) is 9.99. The summed E-state index contributed by atoms with van der Waals surface area (Å²) < 4.78 is 0. The van der Waals surface area contributed by atoms with Crippen LogP contribution in [-0.2, 0) is 4.79 Å². The first kappa shape index (κ1) is 13.2. The summed E-state index contributed by atoms with van der Waals surface area (Å²) in [6, 6.07) is 6.86. The van der Waals surface area contributed by atoms with Gasteiger partial charge in [-0.3, -0.25) is 9.59 Å². The monoisotopic (exact) mass is 235 g/mol. The fourth-order valence-electron chi connectivity index (χ4n) is 1.33. The van der Waals surface area contributed by atoms with Crippen LogP contribution in [0.4, 0.5) is 5.69 Å². The molecule has 0 saturated carbocycles. The molecule has 4 N–H and O–H groups in total. The number of rotatable bonds is 4. The van der Waals surface area contributed by atoms with Gasteiger partial charge in [0.25, 0.3) is 5.91 Å². The zero-order valence-corrected chi connectivity index (χ0v) is 9.99. The van der Waals surface area contributed by atoms with Gasteiger partial charge < -0.3 is 16.4 Å². The maximum atomic E-state index is 11.9. The first-order valence-corrected chi connectivity index (χ1v) is 5.44. The molecular formula is C12H17N3O2. The van der Waals surface area contributed by atoms with Gasteiger partial charge in [-0.1, -0.05) is 12.1 Å². The SMILES string of the molecule is CC(C)NC(=O)c1ccccc1NC(=O)CN. The number of nitrogens with two attached hydrogens (primary N) is 1. The van der Waals surface area contributed by atoms with Crippen molar-refractivity contribution in [2.45, 2.75) is 19.9 Å². The lowest BCUT2D eigenvalue weighted by Gasteiger charge is -2.12. The Morgan fingerprint density at radius 1 is 1.29 bits per heavy atom. The van der Waals surface area contributed by atoms with E-state index in [-0.39, 0.29) is 24.4 Å². The normalized spacial score (nSPS) is 10.1. The van der Waals surface area contributed by atoms with Crippen molar-refractivity contribution in [3.05, 3.63) is 29.8 Å². The molecule has 0 heterocycles. The van der Waals surface area contributed by atoms with Crippen LogP contribution in [0.25, 0.3) is 0 Å².